The number of ether oxygens (including phenoxy) is 1. The van der Waals surface area contributed by atoms with Gasteiger partial charge in [-0.1, -0.05) is 18.2 Å². The summed E-state index contributed by atoms with van der Waals surface area (Å²) in [5.74, 6) is 1.80. The molecule has 0 N–H and O–H groups in total. The normalized spacial score (nSPS) is 23.2. The lowest BCUT2D eigenvalue weighted by atomic mass is 9.77. The lowest BCUT2D eigenvalue weighted by Gasteiger charge is -2.57. The first kappa shape index (κ1) is 21.0. The highest BCUT2D eigenvalue weighted by Crippen LogP contribution is 2.39. The highest BCUT2D eigenvalue weighted by Gasteiger charge is 2.48. The van der Waals surface area contributed by atoms with Gasteiger partial charge in [0.2, 0.25) is 5.91 Å². The second kappa shape index (κ2) is 8.94. The number of hydrogen-bond acceptors (Lipinski definition) is 4. The Labute approximate surface area is 189 Å². The Bertz CT molecular complexity index is 956. The van der Waals surface area contributed by atoms with Crippen LogP contribution in [0.25, 0.3) is 0 Å². The van der Waals surface area contributed by atoms with E-state index in [0.29, 0.717) is 24.4 Å². The first-order valence-corrected chi connectivity index (χ1v) is 11.8. The molecule has 0 saturated carbocycles. The lowest BCUT2D eigenvalue weighted by Crippen LogP contribution is -2.68. The Morgan fingerprint density at radius 3 is 2.16 bits per heavy atom. The minimum Gasteiger partial charge on any atom is -0.457 e. The van der Waals surface area contributed by atoms with Gasteiger partial charge >= 0.3 is 0 Å². The molecule has 1 atom stereocenters. The summed E-state index contributed by atoms with van der Waals surface area (Å²) in [6.07, 6.45) is 5.35. The minimum absolute atomic E-state index is 0.0281. The highest BCUT2D eigenvalue weighted by atomic mass is 16.5. The number of amides is 2. The third-order valence-corrected chi connectivity index (χ3v) is 7.23. The number of nitrogens with zero attached hydrogens (tertiary/aromatic N) is 3. The molecule has 2 aromatic carbocycles. The van der Waals surface area contributed by atoms with Crippen molar-refractivity contribution < 1.29 is 14.3 Å². The van der Waals surface area contributed by atoms with E-state index in [-0.39, 0.29) is 17.4 Å². The van der Waals surface area contributed by atoms with Crippen LogP contribution in [0.5, 0.6) is 11.5 Å². The summed E-state index contributed by atoms with van der Waals surface area (Å²) in [7, 11) is 0. The van der Waals surface area contributed by atoms with Crippen molar-refractivity contribution in [1.29, 1.82) is 0 Å². The van der Waals surface area contributed by atoms with E-state index in [1.165, 1.54) is 0 Å². The van der Waals surface area contributed by atoms with Gasteiger partial charge in [0, 0.05) is 43.8 Å². The first-order valence-electron chi connectivity index (χ1n) is 11.8. The molecule has 2 aromatic rings. The van der Waals surface area contributed by atoms with Crippen molar-refractivity contribution in [2.24, 2.45) is 0 Å². The summed E-state index contributed by atoms with van der Waals surface area (Å²) in [6.45, 7) is 4.72. The Kier molecular flexibility index (Phi) is 5.87. The van der Waals surface area contributed by atoms with Gasteiger partial charge in [-0.15, -0.1) is 0 Å². The summed E-state index contributed by atoms with van der Waals surface area (Å²) in [5.41, 5.74) is 0.654. The number of para-hydroxylation sites is 1. The molecule has 6 nitrogen and oxygen atoms in total. The van der Waals surface area contributed by atoms with E-state index in [2.05, 4.69) is 4.90 Å². The van der Waals surface area contributed by atoms with Crippen molar-refractivity contribution in [1.82, 2.24) is 14.7 Å². The molecule has 32 heavy (non-hydrogen) atoms. The molecule has 0 unspecified atom stereocenters. The fourth-order valence-electron chi connectivity index (χ4n) is 5.28. The summed E-state index contributed by atoms with van der Waals surface area (Å²) in [4.78, 5) is 32.2. The lowest BCUT2D eigenvalue weighted by molar-refractivity contribution is -0.138. The summed E-state index contributed by atoms with van der Waals surface area (Å²) in [6, 6.07) is 17.0. The summed E-state index contributed by atoms with van der Waals surface area (Å²) < 4.78 is 5.84. The SMILES string of the molecule is O=C(CN1CC[C@@]12CCCN(C(=O)c1ccc(Oc3ccccc3)cc1)C2)N1CCCC1. The Hall–Kier alpha value is -2.86. The number of carbonyl (C=O) groups excluding carboxylic acids is 2. The van der Waals surface area contributed by atoms with Crippen molar-refractivity contribution in [3.05, 3.63) is 60.2 Å². The number of benzene rings is 2. The Balaban J connectivity index is 1.21. The quantitative estimate of drug-likeness (QED) is 0.720. The van der Waals surface area contributed by atoms with Crippen LogP contribution < -0.4 is 4.74 Å². The Morgan fingerprint density at radius 1 is 0.781 bits per heavy atom. The van der Waals surface area contributed by atoms with Crippen LogP contribution in [0, 0.1) is 0 Å². The van der Waals surface area contributed by atoms with Crippen molar-refractivity contribution in [3.8, 4) is 11.5 Å². The molecule has 2 amide bonds. The number of carbonyl (C=O) groups is 2. The van der Waals surface area contributed by atoms with Crippen LogP contribution in [0.3, 0.4) is 0 Å². The van der Waals surface area contributed by atoms with E-state index in [1.54, 1.807) is 0 Å². The molecule has 0 aliphatic carbocycles. The summed E-state index contributed by atoms with van der Waals surface area (Å²) in [5, 5.41) is 0. The molecule has 6 heteroatoms. The largest absolute Gasteiger partial charge is 0.457 e. The molecule has 3 saturated heterocycles. The second-order valence-corrected chi connectivity index (χ2v) is 9.25. The average Bonchev–Trinajstić information content (AvgIpc) is 3.38. The molecule has 3 heterocycles. The molecule has 5 rings (SSSR count). The molecule has 0 radical (unpaired) electrons. The van der Waals surface area contributed by atoms with E-state index in [4.69, 9.17) is 4.74 Å². The summed E-state index contributed by atoms with van der Waals surface area (Å²) >= 11 is 0. The van der Waals surface area contributed by atoms with Crippen LogP contribution in [0.1, 0.15) is 42.5 Å². The van der Waals surface area contributed by atoms with Crippen LogP contribution in [0.4, 0.5) is 0 Å². The molecule has 3 aliphatic rings. The highest BCUT2D eigenvalue weighted by molar-refractivity contribution is 5.94. The van der Waals surface area contributed by atoms with Crippen LogP contribution in [0.15, 0.2) is 54.6 Å². The number of hydrogen-bond donors (Lipinski definition) is 0. The zero-order valence-corrected chi connectivity index (χ0v) is 18.5. The van der Waals surface area contributed by atoms with E-state index >= 15 is 0 Å². The standard InChI is InChI=1S/C26H31N3O3/c30-24(27-15-4-5-16-27)19-29-18-14-26(29)13-6-17-28(20-26)25(31)21-9-11-23(12-10-21)32-22-7-2-1-3-8-22/h1-3,7-12H,4-6,13-20H2/t26-/m1/s1. The molecule has 168 valence electrons. The maximum absolute atomic E-state index is 13.2. The van der Waals surface area contributed by atoms with Crippen LogP contribution in [-0.4, -0.2) is 71.3 Å². The Morgan fingerprint density at radius 2 is 1.47 bits per heavy atom. The van der Waals surface area contributed by atoms with Gasteiger partial charge in [0.05, 0.1) is 6.54 Å². The number of piperidine rings is 1. The molecule has 3 aliphatic heterocycles. The number of likely N-dealkylation sites (tertiary alicyclic amines) is 3. The van der Waals surface area contributed by atoms with Gasteiger partial charge in [-0.05, 0) is 68.5 Å². The van der Waals surface area contributed by atoms with Gasteiger partial charge in [0.15, 0.2) is 0 Å². The monoisotopic (exact) mass is 433 g/mol. The molecule has 1 spiro atoms. The first-order chi connectivity index (χ1) is 15.6. The van der Waals surface area contributed by atoms with Gasteiger partial charge < -0.3 is 14.5 Å². The van der Waals surface area contributed by atoms with Gasteiger partial charge in [-0.25, -0.2) is 0 Å². The third-order valence-electron chi connectivity index (χ3n) is 7.23. The maximum Gasteiger partial charge on any atom is 0.253 e. The minimum atomic E-state index is -0.0281. The molecular weight excluding hydrogens is 402 g/mol. The van der Waals surface area contributed by atoms with Crippen LogP contribution in [-0.2, 0) is 4.79 Å². The van der Waals surface area contributed by atoms with Crippen molar-refractivity contribution in [3.63, 3.8) is 0 Å². The second-order valence-electron chi connectivity index (χ2n) is 9.25. The van der Waals surface area contributed by atoms with E-state index in [1.807, 2.05) is 64.4 Å². The van der Waals surface area contributed by atoms with E-state index in [9.17, 15) is 9.59 Å². The predicted octanol–water partition coefficient (Wildman–Crippen LogP) is 3.78. The average molecular weight is 434 g/mol. The van der Waals surface area contributed by atoms with Gasteiger partial charge in [-0.2, -0.15) is 0 Å². The topological polar surface area (TPSA) is 53.1 Å². The van der Waals surface area contributed by atoms with Crippen molar-refractivity contribution >= 4 is 11.8 Å². The van der Waals surface area contributed by atoms with E-state index in [0.717, 1.165) is 64.0 Å². The zero-order valence-electron chi connectivity index (χ0n) is 18.5. The zero-order chi connectivity index (χ0) is 22.0. The van der Waals surface area contributed by atoms with E-state index < -0.39 is 0 Å². The van der Waals surface area contributed by atoms with Gasteiger partial charge in [0.1, 0.15) is 11.5 Å². The molecular formula is C26H31N3O3. The fraction of sp³-hybridized carbons (Fsp3) is 0.462. The molecule has 3 fully saturated rings. The fourth-order valence-corrected chi connectivity index (χ4v) is 5.28. The van der Waals surface area contributed by atoms with Gasteiger partial charge in [0.25, 0.3) is 5.91 Å². The van der Waals surface area contributed by atoms with Crippen LogP contribution >= 0.6 is 0 Å². The maximum atomic E-state index is 13.2. The van der Waals surface area contributed by atoms with Crippen molar-refractivity contribution in [2.75, 3.05) is 39.3 Å². The smallest absolute Gasteiger partial charge is 0.253 e. The molecule has 0 bridgehead atoms. The van der Waals surface area contributed by atoms with Crippen molar-refractivity contribution in [2.45, 2.75) is 37.6 Å². The van der Waals surface area contributed by atoms with Crippen LogP contribution in [0.2, 0.25) is 0 Å². The van der Waals surface area contributed by atoms with Gasteiger partial charge in [-0.3, -0.25) is 14.5 Å². The third kappa shape index (κ3) is 4.24. The number of rotatable bonds is 5. The predicted molar refractivity (Wildman–Crippen MR) is 123 cm³/mol. The molecule has 0 aromatic heterocycles.